The van der Waals surface area contributed by atoms with Crippen LogP contribution in [-0.2, 0) is 4.74 Å². The number of ether oxygens (including phenoxy) is 2. The fraction of sp³-hybridized carbons (Fsp3) is 0.265. The molecule has 0 aromatic heterocycles. The molecule has 1 N–H and O–H groups in total. The lowest BCUT2D eigenvalue weighted by Gasteiger charge is -2.28. The molecule has 6 rings (SSSR count). The molecule has 4 nitrogen and oxygen atoms in total. The highest BCUT2D eigenvalue weighted by Crippen LogP contribution is 2.48. The molecule has 0 aliphatic carbocycles. The van der Waals surface area contributed by atoms with E-state index in [0.29, 0.717) is 0 Å². The van der Waals surface area contributed by atoms with Gasteiger partial charge in [-0.2, -0.15) is 0 Å². The SMILES string of the molecule is C#C/C=C(\C=C1/CC2C(C)=C(C=C)OC2N1c1ccccc1)c1ccc(C(CC)c2ccccc2OC)c(Nc2ccccc2)c1.C=CC.CC.CC. The van der Waals surface area contributed by atoms with Gasteiger partial charge in [0, 0.05) is 40.2 Å². The van der Waals surface area contributed by atoms with Crippen LogP contribution in [0.1, 0.15) is 83.9 Å². The highest BCUT2D eigenvalue weighted by atomic mass is 16.5. The van der Waals surface area contributed by atoms with E-state index >= 15 is 0 Å². The van der Waals surface area contributed by atoms with E-state index in [1.54, 1.807) is 13.2 Å². The standard InChI is InChI=1S/C42H40N2O2.C3H6.2C2H6/c1-6-17-30(26-34-28-38-29(4)40(8-3)46-42(38)44(34)33-20-13-10-14-21-33)31-24-25-36(39(27-31)43-32-18-11-9-12-19-32)35(7-2)37-22-15-16-23-41(37)45-5;1-3-2;2*1-2/h1,8-27,35,38,42-43H,3,7,28H2,2,4-5H3;3H,1H2,2H3;2*1-2H3/b30-17+,34-26+;;;. The number of hydrogen-bond acceptors (Lipinski definition) is 4. The molecular formula is C49H58N2O2. The highest BCUT2D eigenvalue weighted by molar-refractivity contribution is 5.81. The van der Waals surface area contributed by atoms with Gasteiger partial charge in [0.1, 0.15) is 11.5 Å². The zero-order valence-corrected chi connectivity index (χ0v) is 33.0. The minimum absolute atomic E-state index is 0.127. The van der Waals surface area contributed by atoms with Crippen LogP contribution >= 0.6 is 0 Å². The molecule has 1 saturated heterocycles. The molecule has 4 aromatic carbocycles. The maximum absolute atomic E-state index is 6.46. The lowest BCUT2D eigenvalue weighted by atomic mass is 9.86. The van der Waals surface area contributed by atoms with Crippen LogP contribution in [0.2, 0.25) is 0 Å². The van der Waals surface area contributed by atoms with Gasteiger partial charge in [-0.25, -0.2) is 0 Å². The molecule has 0 bridgehead atoms. The fourth-order valence-corrected chi connectivity index (χ4v) is 6.78. The van der Waals surface area contributed by atoms with Crippen molar-refractivity contribution in [2.45, 2.75) is 73.5 Å². The molecule has 3 unspecified atom stereocenters. The van der Waals surface area contributed by atoms with Crippen LogP contribution in [0.3, 0.4) is 0 Å². The van der Waals surface area contributed by atoms with Gasteiger partial charge in [0.2, 0.25) is 0 Å². The average molecular weight is 707 g/mol. The van der Waals surface area contributed by atoms with E-state index in [1.807, 2.05) is 83.2 Å². The Morgan fingerprint density at radius 2 is 1.57 bits per heavy atom. The summed E-state index contributed by atoms with van der Waals surface area (Å²) in [6.07, 6.45) is 15.2. The van der Waals surface area contributed by atoms with Crippen molar-refractivity contribution in [2.24, 2.45) is 5.92 Å². The smallest absolute Gasteiger partial charge is 0.183 e. The van der Waals surface area contributed by atoms with Crippen molar-refractivity contribution >= 4 is 22.6 Å². The summed E-state index contributed by atoms with van der Waals surface area (Å²) in [5, 5.41) is 3.72. The Labute approximate surface area is 320 Å². The summed E-state index contributed by atoms with van der Waals surface area (Å²) in [4.78, 5) is 2.31. The average Bonchev–Trinajstić information content (AvgIpc) is 3.72. The van der Waals surface area contributed by atoms with Gasteiger partial charge in [-0.15, -0.1) is 13.0 Å². The minimum Gasteiger partial charge on any atom is -0.496 e. The first-order chi connectivity index (χ1) is 26.0. The second-order valence-electron chi connectivity index (χ2n) is 12.1. The van der Waals surface area contributed by atoms with Gasteiger partial charge in [0.25, 0.3) is 0 Å². The van der Waals surface area contributed by atoms with E-state index in [0.717, 1.165) is 63.8 Å². The van der Waals surface area contributed by atoms with Crippen molar-refractivity contribution in [1.29, 1.82) is 0 Å². The summed E-state index contributed by atoms with van der Waals surface area (Å²) in [5.41, 5.74) is 9.89. The molecule has 4 heteroatoms. The van der Waals surface area contributed by atoms with E-state index < -0.39 is 0 Å². The predicted molar refractivity (Wildman–Crippen MR) is 230 cm³/mol. The van der Waals surface area contributed by atoms with Crippen molar-refractivity contribution < 1.29 is 9.47 Å². The molecule has 53 heavy (non-hydrogen) atoms. The van der Waals surface area contributed by atoms with Crippen molar-refractivity contribution in [1.82, 2.24) is 0 Å². The molecule has 0 spiro atoms. The molecular weight excluding hydrogens is 649 g/mol. The second-order valence-corrected chi connectivity index (χ2v) is 12.1. The largest absolute Gasteiger partial charge is 0.496 e. The summed E-state index contributed by atoms with van der Waals surface area (Å²) in [6.45, 7) is 21.6. The Bertz CT molecular complexity index is 1900. The van der Waals surface area contributed by atoms with Gasteiger partial charge in [-0.1, -0.05) is 120 Å². The summed E-state index contributed by atoms with van der Waals surface area (Å²) < 4.78 is 12.3. The topological polar surface area (TPSA) is 33.7 Å². The zero-order chi connectivity index (χ0) is 38.8. The Balaban J connectivity index is 0.00000101. The number of hydrogen-bond donors (Lipinski definition) is 1. The molecule has 4 aromatic rings. The van der Waals surface area contributed by atoms with Crippen LogP contribution in [0.5, 0.6) is 5.75 Å². The van der Waals surface area contributed by atoms with Gasteiger partial charge in [0.05, 0.1) is 7.11 Å². The molecule has 1 fully saturated rings. The lowest BCUT2D eigenvalue weighted by molar-refractivity contribution is 0.140. The van der Waals surface area contributed by atoms with E-state index in [1.165, 1.54) is 11.1 Å². The predicted octanol–water partition coefficient (Wildman–Crippen LogP) is 13.5. The van der Waals surface area contributed by atoms with Gasteiger partial charge in [-0.05, 0) is 104 Å². The number of rotatable bonds is 10. The Hall–Kier alpha value is -5.66. The van der Waals surface area contributed by atoms with Crippen LogP contribution in [0.15, 0.2) is 158 Å². The Morgan fingerprint density at radius 1 is 0.943 bits per heavy atom. The minimum atomic E-state index is -0.127. The summed E-state index contributed by atoms with van der Waals surface area (Å²) in [7, 11) is 1.73. The van der Waals surface area contributed by atoms with Crippen molar-refractivity contribution in [2.75, 3.05) is 17.3 Å². The number of terminal acetylenes is 1. The zero-order valence-electron chi connectivity index (χ0n) is 33.0. The number of para-hydroxylation sites is 3. The molecule has 0 radical (unpaired) electrons. The third-order valence-electron chi connectivity index (χ3n) is 9.05. The lowest BCUT2D eigenvalue weighted by Crippen LogP contribution is -2.31. The van der Waals surface area contributed by atoms with Crippen LogP contribution < -0.4 is 15.0 Å². The summed E-state index contributed by atoms with van der Waals surface area (Å²) >= 11 is 0. The number of allylic oxidation sites excluding steroid dienone is 6. The number of nitrogens with one attached hydrogen (secondary N) is 1. The van der Waals surface area contributed by atoms with Crippen molar-refractivity contribution in [3.8, 4) is 18.1 Å². The highest BCUT2D eigenvalue weighted by Gasteiger charge is 2.45. The van der Waals surface area contributed by atoms with Gasteiger partial charge >= 0.3 is 0 Å². The Kier molecular flexibility index (Phi) is 17.1. The van der Waals surface area contributed by atoms with E-state index in [2.05, 4.69) is 116 Å². The molecule has 276 valence electrons. The quantitative estimate of drug-likeness (QED) is 0.131. The first-order valence-electron chi connectivity index (χ1n) is 18.8. The summed E-state index contributed by atoms with van der Waals surface area (Å²) in [5.74, 6) is 4.94. The van der Waals surface area contributed by atoms with Gasteiger partial charge in [-0.3, -0.25) is 0 Å². The molecule has 0 saturated carbocycles. The number of benzene rings is 4. The number of methoxy groups -OCH3 is 1. The molecule has 2 heterocycles. The van der Waals surface area contributed by atoms with E-state index in [9.17, 15) is 0 Å². The molecule has 2 aliphatic rings. The van der Waals surface area contributed by atoms with Gasteiger partial charge < -0.3 is 19.7 Å². The molecule has 0 amide bonds. The maximum Gasteiger partial charge on any atom is 0.183 e. The molecule has 2 aliphatic heterocycles. The first-order valence-corrected chi connectivity index (χ1v) is 18.8. The second kappa shape index (κ2) is 21.6. The van der Waals surface area contributed by atoms with Crippen LogP contribution in [-0.4, -0.2) is 13.3 Å². The first kappa shape index (κ1) is 41.8. The van der Waals surface area contributed by atoms with Crippen molar-refractivity contribution in [3.63, 3.8) is 0 Å². The number of anilines is 3. The summed E-state index contributed by atoms with van der Waals surface area (Å²) in [6, 6.07) is 35.6. The maximum atomic E-state index is 6.46. The van der Waals surface area contributed by atoms with E-state index in [4.69, 9.17) is 15.9 Å². The Morgan fingerprint density at radius 3 is 2.17 bits per heavy atom. The van der Waals surface area contributed by atoms with Crippen LogP contribution in [0, 0.1) is 18.3 Å². The fourth-order valence-electron chi connectivity index (χ4n) is 6.78. The van der Waals surface area contributed by atoms with Crippen molar-refractivity contribution in [3.05, 3.63) is 174 Å². The van der Waals surface area contributed by atoms with Gasteiger partial charge in [0.15, 0.2) is 6.23 Å². The third-order valence-corrected chi connectivity index (χ3v) is 9.05. The third kappa shape index (κ3) is 10.0. The van der Waals surface area contributed by atoms with E-state index in [-0.39, 0.29) is 18.1 Å². The van der Waals surface area contributed by atoms with Crippen LogP contribution in [0.25, 0.3) is 5.57 Å². The van der Waals surface area contributed by atoms with Crippen LogP contribution in [0.4, 0.5) is 17.1 Å². The number of nitrogens with zero attached hydrogens (tertiary/aromatic N) is 1. The molecule has 3 atom stereocenters. The number of fused-ring (bicyclic) bond motifs is 1. The normalized spacial score (nSPS) is 16.9. The monoisotopic (exact) mass is 706 g/mol.